The second-order valence-corrected chi connectivity index (χ2v) is 6.93. The van der Waals surface area contributed by atoms with Crippen molar-refractivity contribution in [3.63, 3.8) is 0 Å². The van der Waals surface area contributed by atoms with E-state index in [2.05, 4.69) is 10.3 Å². The van der Waals surface area contributed by atoms with Crippen LogP contribution in [0.25, 0.3) is 0 Å². The van der Waals surface area contributed by atoms with Crippen LogP contribution in [0.1, 0.15) is 55.8 Å². The van der Waals surface area contributed by atoms with E-state index in [-0.39, 0.29) is 0 Å². The molecule has 0 radical (unpaired) electrons. The van der Waals surface area contributed by atoms with Crippen LogP contribution in [0.5, 0.6) is 0 Å². The fourth-order valence-corrected chi connectivity index (χ4v) is 3.23. The molecule has 1 aromatic heterocycles. The molecule has 0 saturated heterocycles. The van der Waals surface area contributed by atoms with Gasteiger partial charge in [-0.05, 0) is 63.2 Å². The van der Waals surface area contributed by atoms with Crippen molar-refractivity contribution in [2.45, 2.75) is 51.4 Å². The summed E-state index contributed by atoms with van der Waals surface area (Å²) in [7, 11) is 0. The van der Waals surface area contributed by atoms with Crippen molar-refractivity contribution >= 4 is 11.6 Å². The molecular formula is C16H24N4. The van der Waals surface area contributed by atoms with Gasteiger partial charge in [0.05, 0.1) is 0 Å². The minimum absolute atomic E-state index is 0.557. The molecule has 3 saturated carbocycles. The van der Waals surface area contributed by atoms with E-state index in [1.165, 1.54) is 38.5 Å². The molecule has 0 amide bonds. The molecule has 20 heavy (non-hydrogen) atoms. The quantitative estimate of drug-likeness (QED) is 0.835. The lowest BCUT2D eigenvalue weighted by Gasteiger charge is -2.18. The van der Waals surface area contributed by atoms with Gasteiger partial charge >= 0.3 is 0 Å². The second kappa shape index (κ2) is 4.61. The van der Waals surface area contributed by atoms with E-state index >= 15 is 0 Å². The van der Waals surface area contributed by atoms with Crippen molar-refractivity contribution in [3.8, 4) is 0 Å². The Hall–Kier alpha value is -1.32. The van der Waals surface area contributed by atoms with Gasteiger partial charge in [-0.25, -0.2) is 9.97 Å². The molecule has 0 aliphatic heterocycles. The van der Waals surface area contributed by atoms with Gasteiger partial charge in [0.15, 0.2) is 0 Å². The lowest BCUT2D eigenvalue weighted by molar-refractivity contribution is 0.427. The summed E-state index contributed by atoms with van der Waals surface area (Å²) < 4.78 is 0. The molecular weight excluding hydrogens is 248 g/mol. The molecule has 4 rings (SSSR count). The molecule has 0 unspecified atom stereocenters. The molecule has 0 bridgehead atoms. The van der Waals surface area contributed by atoms with E-state index in [0.717, 1.165) is 41.5 Å². The normalized spacial score (nSPS) is 22.3. The van der Waals surface area contributed by atoms with E-state index in [4.69, 9.17) is 10.7 Å². The van der Waals surface area contributed by atoms with E-state index in [0.29, 0.717) is 11.7 Å². The number of hydrogen-bond donors (Lipinski definition) is 2. The Balaban J connectivity index is 1.49. The summed E-state index contributed by atoms with van der Waals surface area (Å²) >= 11 is 0. The average Bonchev–Trinajstić information content (AvgIpc) is 3.29. The third-order valence-electron chi connectivity index (χ3n) is 5.10. The maximum Gasteiger partial charge on any atom is 0.136 e. The highest BCUT2D eigenvalue weighted by Crippen LogP contribution is 2.49. The fourth-order valence-electron chi connectivity index (χ4n) is 3.23. The van der Waals surface area contributed by atoms with Crippen molar-refractivity contribution in [3.05, 3.63) is 11.4 Å². The van der Waals surface area contributed by atoms with Gasteiger partial charge in [0.2, 0.25) is 0 Å². The van der Waals surface area contributed by atoms with Crippen LogP contribution in [0.2, 0.25) is 0 Å². The molecule has 3 fully saturated rings. The number of rotatable bonds is 6. The minimum atomic E-state index is 0.557. The molecule has 108 valence electrons. The summed E-state index contributed by atoms with van der Waals surface area (Å²) in [5.74, 6) is 5.93. The highest BCUT2D eigenvalue weighted by Gasteiger charge is 2.41. The molecule has 1 aromatic rings. The third kappa shape index (κ3) is 2.48. The van der Waals surface area contributed by atoms with E-state index in [1.54, 1.807) is 0 Å². The molecule has 4 heteroatoms. The number of nitrogens with one attached hydrogen (secondary N) is 1. The highest BCUT2D eigenvalue weighted by atomic mass is 15.1. The van der Waals surface area contributed by atoms with Crippen LogP contribution < -0.4 is 11.1 Å². The first-order valence-corrected chi connectivity index (χ1v) is 8.10. The summed E-state index contributed by atoms with van der Waals surface area (Å²) in [4.78, 5) is 9.17. The Morgan fingerprint density at radius 1 is 1.10 bits per heavy atom. The van der Waals surface area contributed by atoms with Gasteiger partial charge in [0, 0.05) is 18.0 Å². The molecule has 3 aliphatic rings. The fraction of sp³-hybridized carbons (Fsp3) is 0.750. The van der Waals surface area contributed by atoms with Crippen LogP contribution in [0.15, 0.2) is 0 Å². The van der Waals surface area contributed by atoms with E-state index < -0.39 is 0 Å². The molecule has 0 atom stereocenters. The van der Waals surface area contributed by atoms with Gasteiger partial charge < -0.3 is 11.1 Å². The summed E-state index contributed by atoms with van der Waals surface area (Å²) in [5, 5.41) is 3.59. The zero-order valence-electron chi connectivity index (χ0n) is 12.2. The van der Waals surface area contributed by atoms with Crippen LogP contribution in [-0.2, 0) is 0 Å². The zero-order chi connectivity index (χ0) is 13.7. The van der Waals surface area contributed by atoms with Gasteiger partial charge in [0.25, 0.3) is 0 Å². The Kier molecular flexibility index (Phi) is 2.86. The first kappa shape index (κ1) is 12.4. The van der Waals surface area contributed by atoms with Crippen molar-refractivity contribution in [1.29, 1.82) is 0 Å². The molecule has 4 nitrogen and oxygen atoms in total. The van der Waals surface area contributed by atoms with Crippen LogP contribution >= 0.6 is 0 Å². The number of aromatic nitrogens is 2. The maximum atomic E-state index is 6.05. The summed E-state index contributed by atoms with van der Waals surface area (Å²) in [6, 6.07) is 0. The largest absolute Gasteiger partial charge is 0.383 e. The van der Waals surface area contributed by atoms with Gasteiger partial charge in [0.1, 0.15) is 17.5 Å². The van der Waals surface area contributed by atoms with Crippen molar-refractivity contribution < 1.29 is 0 Å². The van der Waals surface area contributed by atoms with Gasteiger partial charge in [-0.15, -0.1) is 0 Å². The van der Waals surface area contributed by atoms with Gasteiger partial charge in [-0.1, -0.05) is 0 Å². The standard InChI is InChI=1S/C16H24N4/c1-9-14(17)19-16(12-6-7-12)20-15(9)18-8-13(10-2-3-10)11-4-5-11/h10-13H,2-8H2,1H3,(H3,17,18,19,20). The van der Waals surface area contributed by atoms with Crippen molar-refractivity contribution in [2.75, 3.05) is 17.6 Å². The summed E-state index contributed by atoms with van der Waals surface area (Å²) in [5.41, 5.74) is 7.06. The Morgan fingerprint density at radius 3 is 2.30 bits per heavy atom. The van der Waals surface area contributed by atoms with Gasteiger partial charge in [-0.3, -0.25) is 0 Å². The maximum absolute atomic E-state index is 6.05. The summed E-state index contributed by atoms with van der Waals surface area (Å²) in [6.07, 6.45) is 8.16. The van der Waals surface area contributed by atoms with Crippen LogP contribution in [-0.4, -0.2) is 16.5 Å². The highest BCUT2D eigenvalue weighted by molar-refractivity contribution is 5.55. The topological polar surface area (TPSA) is 63.8 Å². The average molecular weight is 272 g/mol. The van der Waals surface area contributed by atoms with Crippen LogP contribution in [0.3, 0.4) is 0 Å². The SMILES string of the molecule is Cc1c(N)nc(C2CC2)nc1NCC(C1CC1)C1CC1. The Morgan fingerprint density at radius 2 is 1.75 bits per heavy atom. The van der Waals surface area contributed by atoms with E-state index in [1.807, 2.05) is 6.92 Å². The van der Waals surface area contributed by atoms with Crippen LogP contribution in [0.4, 0.5) is 11.6 Å². The first-order valence-electron chi connectivity index (χ1n) is 8.10. The first-order chi connectivity index (χ1) is 9.72. The molecule has 1 heterocycles. The van der Waals surface area contributed by atoms with Gasteiger partial charge in [-0.2, -0.15) is 0 Å². The second-order valence-electron chi connectivity index (χ2n) is 6.93. The summed E-state index contributed by atoms with van der Waals surface area (Å²) in [6.45, 7) is 3.09. The molecule has 0 aromatic carbocycles. The number of hydrogen-bond acceptors (Lipinski definition) is 4. The minimum Gasteiger partial charge on any atom is -0.383 e. The van der Waals surface area contributed by atoms with Crippen molar-refractivity contribution in [2.24, 2.45) is 17.8 Å². The van der Waals surface area contributed by atoms with Crippen molar-refractivity contribution in [1.82, 2.24) is 9.97 Å². The third-order valence-corrected chi connectivity index (χ3v) is 5.10. The molecule has 3 aliphatic carbocycles. The Bertz CT molecular complexity index is 503. The number of nitrogens with two attached hydrogens (primary N) is 1. The zero-order valence-corrected chi connectivity index (χ0v) is 12.2. The molecule has 3 N–H and O–H groups in total. The number of anilines is 2. The van der Waals surface area contributed by atoms with E-state index in [9.17, 15) is 0 Å². The van der Waals surface area contributed by atoms with Crippen LogP contribution in [0, 0.1) is 24.7 Å². The lowest BCUT2D eigenvalue weighted by atomic mass is 9.98. The molecule has 0 spiro atoms. The number of nitrogen functional groups attached to an aromatic ring is 1. The smallest absolute Gasteiger partial charge is 0.136 e. The predicted octanol–water partition coefficient (Wildman–Crippen LogP) is 3.09. The number of nitrogens with zero attached hydrogens (tertiary/aromatic N) is 2. The monoisotopic (exact) mass is 272 g/mol. The predicted molar refractivity (Wildman–Crippen MR) is 80.6 cm³/mol. The lowest BCUT2D eigenvalue weighted by Crippen LogP contribution is -2.20. The Labute approximate surface area is 120 Å².